The van der Waals surface area contributed by atoms with E-state index in [-0.39, 0.29) is 45.3 Å². The van der Waals surface area contributed by atoms with E-state index in [0.29, 0.717) is 11.5 Å². The molecule has 0 atom stereocenters. The maximum atomic E-state index is 12.1. The number of nitrogens with one attached hydrogen (secondary N) is 2. The molecular weight excluding hydrogens is 616 g/mol. The highest BCUT2D eigenvalue weighted by atomic mass is 32.2. The number of phenolic OH excluding ortho intramolecular Hbond substituents is 1. The van der Waals surface area contributed by atoms with Crippen molar-refractivity contribution in [1.29, 1.82) is 0 Å². The first-order chi connectivity index (χ1) is 20.8. The summed E-state index contributed by atoms with van der Waals surface area (Å²) in [6, 6.07) is 11.9. The first-order valence-electron chi connectivity index (χ1n) is 12.4. The lowest BCUT2D eigenvalue weighted by atomic mass is 10.1. The van der Waals surface area contributed by atoms with Crippen LogP contribution in [0.5, 0.6) is 5.75 Å². The number of hydrogen-bond donors (Lipinski definition) is 6. The first kappa shape index (κ1) is 30.3. The lowest BCUT2D eigenvalue weighted by Crippen LogP contribution is -2.06. The van der Waals surface area contributed by atoms with Crippen molar-refractivity contribution in [2.75, 3.05) is 10.6 Å². The third kappa shape index (κ3) is 6.58. The molecule has 226 valence electrons. The predicted molar refractivity (Wildman–Crippen MR) is 157 cm³/mol. The van der Waals surface area contributed by atoms with Gasteiger partial charge in [-0.2, -0.15) is 31.8 Å². The van der Waals surface area contributed by atoms with Gasteiger partial charge in [-0.15, -0.1) is 10.2 Å². The fourth-order valence-corrected chi connectivity index (χ4v) is 5.50. The van der Waals surface area contributed by atoms with E-state index in [0.717, 1.165) is 12.1 Å². The molecule has 5 aromatic rings. The van der Waals surface area contributed by atoms with Crippen LogP contribution in [0.25, 0.3) is 10.8 Å². The number of fused-ring (bicyclic) bond motifs is 1. The Hall–Kier alpha value is -5.14. The quantitative estimate of drug-likeness (QED) is 0.0972. The molecule has 2 heterocycles. The number of rotatable bonds is 9. The highest BCUT2D eigenvalue weighted by molar-refractivity contribution is 7.86. The van der Waals surface area contributed by atoms with Gasteiger partial charge in [0.15, 0.2) is 5.75 Å². The van der Waals surface area contributed by atoms with Crippen LogP contribution < -0.4 is 10.6 Å². The molecule has 0 amide bonds. The Kier molecular flexibility index (Phi) is 8.17. The van der Waals surface area contributed by atoms with Crippen molar-refractivity contribution in [2.24, 2.45) is 10.2 Å². The minimum atomic E-state index is -4.77. The van der Waals surface area contributed by atoms with E-state index < -0.39 is 42.4 Å². The Morgan fingerprint density at radius 3 is 2.16 bits per heavy atom. The molecule has 0 aliphatic rings. The number of aliphatic hydroxyl groups excluding tert-OH is 1. The number of anilines is 4. The van der Waals surface area contributed by atoms with Crippen molar-refractivity contribution in [3.63, 3.8) is 0 Å². The second-order valence-corrected chi connectivity index (χ2v) is 11.9. The number of azo groups is 1. The molecule has 0 saturated carbocycles. The molecule has 0 fully saturated rings. The molecule has 2 aromatic heterocycles. The molecular formula is C26H22N8O8S2. The summed E-state index contributed by atoms with van der Waals surface area (Å²) in [6.45, 7) is 1.11. The van der Waals surface area contributed by atoms with Gasteiger partial charge in [0.2, 0.25) is 11.9 Å². The number of benzene rings is 3. The average molecular weight is 639 g/mol. The number of aromatic hydroxyl groups is 1. The number of phenols is 1. The summed E-state index contributed by atoms with van der Waals surface area (Å²) in [4.78, 5) is 15.7. The summed E-state index contributed by atoms with van der Waals surface area (Å²) in [5.41, 5.74) is 0.356. The molecule has 0 aliphatic carbocycles. The second-order valence-electron chi connectivity index (χ2n) is 9.10. The van der Waals surface area contributed by atoms with Crippen molar-refractivity contribution in [3.05, 3.63) is 78.4 Å². The SMILES string of the molecule is Cc1nc(Nc2cccnc2)nc(Nc2ccc(S(=O)(=O)O)c3ccc(N=Nc4ccc(CO)cc4S(=O)(=O)O)c(O)c23)n1. The lowest BCUT2D eigenvalue weighted by Gasteiger charge is -2.14. The molecule has 0 aliphatic heterocycles. The fourth-order valence-electron chi connectivity index (χ4n) is 4.13. The van der Waals surface area contributed by atoms with Crippen molar-refractivity contribution >= 4 is 65.7 Å². The van der Waals surface area contributed by atoms with E-state index in [1.54, 1.807) is 31.5 Å². The van der Waals surface area contributed by atoms with Crippen LogP contribution in [0.2, 0.25) is 0 Å². The predicted octanol–water partition coefficient (Wildman–Crippen LogP) is 4.32. The highest BCUT2D eigenvalue weighted by Crippen LogP contribution is 2.43. The summed E-state index contributed by atoms with van der Waals surface area (Å²) in [7, 11) is -9.51. The molecule has 0 spiro atoms. The van der Waals surface area contributed by atoms with Crippen LogP contribution in [0.4, 0.5) is 34.6 Å². The Labute approximate surface area is 249 Å². The largest absolute Gasteiger partial charge is 0.505 e. The zero-order valence-corrected chi connectivity index (χ0v) is 24.1. The van der Waals surface area contributed by atoms with Crippen LogP contribution in [0.1, 0.15) is 11.4 Å². The molecule has 18 heteroatoms. The van der Waals surface area contributed by atoms with Gasteiger partial charge in [-0.25, -0.2) is 0 Å². The van der Waals surface area contributed by atoms with Crippen molar-refractivity contribution in [2.45, 2.75) is 23.3 Å². The zero-order chi connectivity index (χ0) is 31.6. The standard InChI is InChI=1S/C26H22N8O8S2/c1-14-28-25(30-16-3-2-10-27-12-16)32-26(29-14)31-19-8-9-21(43(37,38)39)17-5-7-20(24(36)23(17)19)34-33-18-6-4-15(13-35)11-22(18)44(40,41)42/h2-12,35-36H,13H2,1H3,(H,37,38,39)(H,40,41,42)(H2,28,29,30,31,32). The van der Waals surface area contributed by atoms with E-state index in [1.807, 2.05) is 0 Å². The van der Waals surface area contributed by atoms with Gasteiger partial charge >= 0.3 is 0 Å². The Morgan fingerprint density at radius 1 is 0.818 bits per heavy atom. The van der Waals surface area contributed by atoms with Crippen LogP contribution in [0.15, 0.2) is 87.0 Å². The number of pyridine rings is 1. The maximum Gasteiger partial charge on any atom is 0.296 e. The number of aryl methyl sites for hydroxylation is 1. The van der Waals surface area contributed by atoms with Crippen LogP contribution in [0, 0.1) is 6.92 Å². The van der Waals surface area contributed by atoms with Gasteiger partial charge < -0.3 is 20.8 Å². The van der Waals surface area contributed by atoms with Crippen LogP contribution >= 0.6 is 0 Å². The van der Waals surface area contributed by atoms with E-state index in [1.165, 1.54) is 30.3 Å². The third-order valence-electron chi connectivity index (χ3n) is 6.03. The second kappa shape index (κ2) is 11.9. The summed E-state index contributed by atoms with van der Waals surface area (Å²) in [6.07, 6.45) is 3.15. The summed E-state index contributed by atoms with van der Waals surface area (Å²) in [5.74, 6) is -0.113. The van der Waals surface area contributed by atoms with E-state index in [9.17, 15) is 36.2 Å². The van der Waals surface area contributed by atoms with Gasteiger partial charge in [-0.1, -0.05) is 12.1 Å². The van der Waals surface area contributed by atoms with Crippen molar-refractivity contribution in [1.82, 2.24) is 19.9 Å². The van der Waals surface area contributed by atoms with Crippen molar-refractivity contribution < 1.29 is 36.2 Å². The van der Waals surface area contributed by atoms with E-state index >= 15 is 0 Å². The molecule has 6 N–H and O–H groups in total. The highest BCUT2D eigenvalue weighted by Gasteiger charge is 2.21. The van der Waals surface area contributed by atoms with Crippen LogP contribution in [-0.2, 0) is 26.8 Å². The molecule has 0 unspecified atom stereocenters. The Morgan fingerprint density at radius 2 is 1.50 bits per heavy atom. The minimum absolute atomic E-state index is 0.0120. The van der Waals surface area contributed by atoms with E-state index in [2.05, 4.69) is 40.8 Å². The van der Waals surface area contributed by atoms with Gasteiger partial charge in [0, 0.05) is 11.6 Å². The number of aromatic nitrogens is 4. The molecule has 0 saturated heterocycles. The van der Waals surface area contributed by atoms with E-state index in [4.69, 9.17) is 0 Å². The summed E-state index contributed by atoms with van der Waals surface area (Å²) in [5, 5.41) is 34.0. The lowest BCUT2D eigenvalue weighted by molar-refractivity contribution is 0.281. The molecule has 3 aromatic carbocycles. The topological polar surface area (TPSA) is 250 Å². The zero-order valence-electron chi connectivity index (χ0n) is 22.5. The van der Waals surface area contributed by atoms with Crippen LogP contribution in [-0.4, -0.2) is 56.1 Å². The minimum Gasteiger partial charge on any atom is -0.505 e. The summed E-state index contributed by atoms with van der Waals surface area (Å²) < 4.78 is 67.5. The first-order valence-corrected chi connectivity index (χ1v) is 15.3. The number of aliphatic hydroxyl groups is 1. The molecule has 0 bridgehead atoms. The van der Waals surface area contributed by atoms with Gasteiger partial charge in [-0.05, 0) is 55.0 Å². The van der Waals surface area contributed by atoms with Crippen LogP contribution in [0.3, 0.4) is 0 Å². The monoisotopic (exact) mass is 638 g/mol. The maximum absolute atomic E-state index is 12.1. The van der Waals surface area contributed by atoms with Crippen molar-refractivity contribution in [3.8, 4) is 5.75 Å². The number of nitrogens with zero attached hydrogens (tertiary/aromatic N) is 6. The molecule has 5 rings (SSSR count). The molecule has 16 nitrogen and oxygen atoms in total. The summed E-state index contributed by atoms with van der Waals surface area (Å²) >= 11 is 0. The normalized spacial score (nSPS) is 12.1. The fraction of sp³-hybridized carbons (Fsp3) is 0.0769. The van der Waals surface area contributed by atoms with Gasteiger partial charge in [0.1, 0.15) is 27.0 Å². The van der Waals surface area contributed by atoms with Gasteiger partial charge in [0.05, 0.1) is 29.6 Å². The molecule has 44 heavy (non-hydrogen) atoms. The molecule has 0 radical (unpaired) electrons. The Balaban J connectivity index is 1.61. The average Bonchev–Trinajstić information content (AvgIpc) is 2.96. The smallest absolute Gasteiger partial charge is 0.296 e. The van der Waals surface area contributed by atoms with Gasteiger partial charge in [-0.3, -0.25) is 14.1 Å². The van der Waals surface area contributed by atoms with Gasteiger partial charge in [0.25, 0.3) is 20.2 Å². The Bertz CT molecular complexity index is 2150. The third-order valence-corrected chi connectivity index (χ3v) is 7.83. The number of hydrogen-bond acceptors (Lipinski definition) is 14.